The molecule has 0 saturated heterocycles. The van der Waals surface area contributed by atoms with E-state index in [1.54, 1.807) is 7.11 Å². The number of carbonyl (C=O) groups is 1. The fourth-order valence-electron chi connectivity index (χ4n) is 3.00. The molecule has 1 amide bonds. The molecule has 2 aromatic rings. The van der Waals surface area contributed by atoms with Crippen molar-refractivity contribution in [3.63, 3.8) is 0 Å². The molecule has 0 spiro atoms. The van der Waals surface area contributed by atoms with Gasteiger partial charge in [-0.15, -0.1) is 0 Å². The Bertz CT molecular complexity index is 840. The number of anilines is 1. The molecule has 24 heavy (non-hydrogen) atoms. The van der Waals surface area contributed by atoms with Crippen LogP contribution in [0.1, 0.15) is 42.0 Å². The van der Waals surface area contributed by atoms with Crippen LogP contribution >= 0.6 is 11.8 Å². The molecular weight excluding hydrogens is 322 g/mol. The maximum absolute atomic E-state index is 12.5. The predicted octanol–water partition coefficient (Wildman–Crippen LogP) is 5.17. The number of ether oxygens (including phenoxy) is 1. The molecule has 1 heterocycles. The highest BCUT2D eigenvalue weighted by Gasteiger charge is 2.31. The lowest BCUT2D eigenvalue weighted by Crippen LogP contribution is -2.13. The van der Waals surface area contributed by atoms with Gasteiger partial charge in [0.1, 0.15) is 5.75 Å². The Morgan fingerprint density at radius 3 is 2.58 bits per heavy atom. The van der Waals surface area contributed by atoms with Gasteiger partial charge in [0.2, 0.25) is 0 Å². The highest BCUT2D eigenvalue weighted by atomic mass is 35.5. The lowest BCUT2D eigenvalue weighted by molar-refractivity contribution is -0.111. The standard InChI is InChI=1S/C20H20ClNO2/c1-12(2)16-10-14(13(3)9-19(16)24-4)11-17-15-7-5-6-8-18(15)22(21)20(17)23/h5-12H,1-4H3. The SMILES string of the molecule is COc1cc(C)c(C=C2C(=O)N(Cl)c3ccccc32)cc1C(C)C. The Morgan fingerprint density at radius 1 is 1.21 bits per heavy atom. The molecular formula is C20H20ClNO2. The van der Waals surface area contributed by atoms with E-state index >= 15 is 0 Å². The van der Waals surface area contributed by atoms with Gasteiger partial charge in [-0.3, -0.25) is 4.79 Å². The number of fused-ring (bicyclic) bond motifs is 1. The molecule has 3 nitrogen and oxygen atoms in total. The first kappa shape index (κ1) is 16.6. The highest BCUT2D eigenvalue weighted by molar-refractivity contribution is 6.50. The molecule has 0 unspecified atom stereocenters. The molecule has 3 rings (SSSR count). The van der Waals surface area contributed by atoms with Crippen LogP contribution in [0.4, 0.5) is 5.69 Å². The van der Waals surface area contributed by atoms with E-state index < -0.39 is 0 Å². The maximum atomic E-state index is 12.5. The number of para-hydroxylation sites is 1. The zero-order chi connectivity index (χ0) is 17.4. The maximum Gasteiger partial charge on any atom is 0.273 e. The minimum atomic E-state index is -0.195. The Kier molecular flexibility index (Phi) is 4.37. The van der Waals surface area contributed by atoms with Crippen molar-refractivity contribution in [3.05, 3.63) is 58.7 Å². The first-order chi connectivity index (χ1) is 11.4. The second kappa shape index (κ2) is 6.33. The number of rotatable bonds is 3. The number of carbonyl (C=O) groups excluding carboxylic acids is 1. The first-order valence-corrected chi connectivity index (χ1v) is 8.27. The predicted molar refractivity (Wildman–Crippen MR) is 99.5 cm³/mol. The third-order valence-electron chi connectivity index (χ3n) is 4.35. The van der Waals surface area contributed by atoms with Gasteiger partial charge < -0.3 is 4.74 Å². The zero-order valence-corrected chi connectivity index (χ0v) is 15.0. The van der Waals surface area contributed by atoms with Crippen molar-refractivity contribution in [3.8, 4) is 5.75 Å². The van der Waals surface area contributed by atoms with Crippen molar-refractivity contribution < 1.29 is 9.53 Å². The van der Waals surface area contributed by atoms with Crippen molar-refractivity contribution >= 4 is 35.0 Å². The van der Waals surface area contributed by atoms with Gasteiger partial charge in [-0.25, -0.2) is 4.42 Å². The van der Waals surface area contributed by atoms with E-state index in [4.69, 9.17) is 16.5 Å². The second-order valence-corrected chi connectivity index (χ2v) is 6.60. The summed E-state index contributed by atoms with van der Waals surface area (Å²) in [6, 6.07) is 11.7. The van der Waals surface area contributed by atoms with Crippen molar-refractivity contribution in [1.29, 1.82) is 0 Å². The Hall–Kier alpha value is -2.26. The van der Waals surface area contributed by atoms with E-state index in [0.29, 0.717) is 11.5 Å². The molecule has 0 radical (unpaired) electrons. The average Bonchev–Trinajstić information content (AvgIpc) is 2.81. The lowest BCUT2D eigenvalue weighted by Gasteiger charge is -2.15. The van der Waals surface area contributed by atoms with Crippen LogP contribution in [0.3, 0.4) is 0 Å². The molecule has 0 saturated carbocycles. The van der Waals surface area contributed by atoms with Gasteiger partial charge in [0, 0.05) is 17.3 Å². The summed E-state index contributed by atoms with van der Waals surface area (Å²) in [4.78, 5) is 12.5. The normalized spacial score (nSPS) is 15.3. The molecule has 1 aliphatic rings. The number of halogens is 1. The van der Waals surface area contributed by atoms with Crippen LogP contribution in [-0.2, 0) is 4.79 Å². The largest absolute Gasteiger partial charge is 0.496 e. The smallest absolute Gasteiger partial charge is 0.273 e. The molecule has 0 N–H and O–H groups in total. The first-order valence-electron chi connectivity index (χ1n) is 7.94. The number of hydrogen-bond acceptors (Lipinski definition) is 2. The van der Waals surface area contributed by atoms with Crippen LogP contribution in [0, 0.1) is 6.92 Å². The summed E-state index contributed by atoms with van der Waals surface area (Å²) in [5, 5.41) is 0. The van der Waals surface area contributed by atoms with Gasteiger partial charge >= 0.3 is 0 Å². The molecule has 0 aliphatic carbocycles. The van der Waals surface area contributed by atoms with Crippen molar-refractivity contribution in [2.45, 2.75) is 26.7 Å². The van der Waals surface area contributed by atoms with Gasteiger partial charge in [-0.2, -0.15) is 0 Å². The Morgan fingerprint density at radius 2 is 1.92 bits per heavy atom. The van der Waals surface area contributed by atoms with Crippen molar-refractivity contribution in [1.82, 2.24) is 0 Å². The van der Waals surface area contributed by atoms with Gasteiger partial charge in [-0.05, 0) is 53.8 Å². The quantitative estimate of drug-likeness (QED) is 0.569. The summed E-state index contributed by atoms with van der Waals surface area (Å²) in [7, 11) is 1.68. The summed E-state index contributed by atoms with van der Waals surface area (Å²) in [6.07, 6.45) is 1.92. The Labute approximate surface area is 147 Å². The Balaban J connectivity index is 2.16. The molecule has 2 aromatic carbocycles. The minimum absolute atomic E-state index is 0.195. The summed E-state index contributed by atoms with van der Waals surface area (Å²) >= 11 is 6.15. The van der Waals surface area contributed by atoms with Gasteiger partial charge in [-0.1, -0.05) is 32.0 Å². The van der Waals surface area contributed by atoms with Crippen LogP contribution in [0.25, 0.3) is 11.6 Å². The monoisotopic (exact) mass is 341 g/mol. The second-order valence-electron chi connectivity index (χ2n) is 6.27. The van der Waals surface area contributed by atoms with Crippen LogP contribution in [0.15, 0.2) is 36.4 Å². The summed E-state index contributed by atoms with van der Waals surface area (Å²) < 4.78 is 6.67. The number of benzene rings is 2. The van der Waals surface area contributed by atoms with Crippen molar-refractivity contribution in [2.24, 2.45) is 0 Å². The van der Waals surface area contributed by atoms with Crippen LogP contribution in [-0.4, -0.2) is 13.0 Å². The van der Waals surface area contributed by atoms with Gasteiger partial charge in [0.25, 0.3) is 5.91 Å². The molecule has 0 aromatic heterocycles. The van der Waals surface area contributed by atoms with Gasteiger partial charge in [0.15, 0.2) is 0 Å². The molecule has 0 atom stereocenters. The van der Waals surface area contributed by atoms with Gasteiger partial charge in [0.05, 0.1) is 18.4 Å². The average molecular weight is 342 g/mol. The van der Waals surface area contributed by atoms with E-state index in [-0.39, 0.29) is 5.91 Å². The van der Waals surface area contributed by atoms with E-state index in [1.165, 1.54) is 4.42 Å². The summed E-state index contributed by atoms with van der Waals surface area (Å²) in [5.41, 5.74) is 5.39. The number of hydrogen-bond donors (Lipinski definition) is 0. The summed E-state index contributed by atoms with van der Waals surface area (Å²) in [6.45, 7) is 6.27. The van der Waals surface area contributed by atoms with Crippen LogP contribution in [0.2, 0.25) is 0 Å². The molecule has 4 heteroatoms. The molecule has 1 aliphatic heterocycles. The van der Waals surface area contributed by atoms with Crippen LogP contribution in [0.5, 0.6) is 5.75 Å². The van der Waals surface area contributed by atoms with E-state index in [9.17, 15) is 4.79 Å². The number of nitrogens with zero attached hydrogens (tertiary/aromatic N) is 1. The molecule has 124 valence electrons. The lowest BCUT2D eigenvalue weighted by atomic mass is 9.94. The minimum Gasteiger partial charge on any atom is -0.496 e. The van der Waals surface area contributed by atoms with Crippen molar-refractivity contribution in [2.75, 3.05) is 11.5 Å². The molecule has 0 bridgehead atoms. The number of aryl methyl sites for hydroxylation is 1. The highest BCUT2D eigenvalue weighted by Crippen LogP contribution is 2.39. The number of amides is 1. The fraction of sp³-hybridized carbons (Fsp3) is 0.250. The topological polar surface area (TPSA) is 29.5 Å². The third kappa shape index (κ3) is 2.69. The number of methoxy groups -OCH3 is 1. The van der Waals surface area contributed by atoms with E-state index in [2.05, 4.69) is 19.9 Å². The molecule has 0 fully saturated rings. The van der Waals surface area contributed by atoms with E-state index in [0.717, 1.165) is 33.7 Å². The summed E-state index contributed by atoms with van der Waals surface area (Å²) in [5.74, 6) is 1.01. The third-order valence-corrected chi connectivity index (χ3v) is 4.69. The fourth-order valence-corrected chi connectivity index (χ4v) is 3.24. The van der Waals surface area contributed by atoms with E-state index in [1.807, 2.05) is 43.3 Å². The zero-order valence-electron chi connectivity index (χ0n) is 14.3. The van der Waals surface area contributed by atoms with Crippen LogP contribution < -0.4 is 9.16 Å².